The third kappa shape index (κ3) is 3.94. The molecule has 26 heavy (non-hydrogen) atoms. The second kappa shape index (κ2) is 7.44. The lowest BCUT2D eigenvalue weighted by atomic mass is 10.1. The maximum atomic E-state index is 11.6. The molecule has 1 aromatic carbocycles. The monoisotopic (exact) mass is 370 g/mol. The average molecular weight is 370 g/mol. The minimum absolute atomic E-state index is 0.116. The van der Waals surface area contributed by atoms with Crippen LogP contribution in [0.4, 0.5) is 22.5 Å². The second-order valence-corrected chi connectivity index (χ2v) is 7.00. The first kappa shape index (κ1) is 17.7. The summed E-state index contributed by atoms with van der Waals surface area (Å²) in [7, 11) is 0. The van der Waals surface area contributed by atoms with Crippen LogP contribution in [0, 0.1) is 30.9 Å². The molecule has 0 aliphatic heterocycles. The largest absolute Gasteiger partial charge is 0.360 e. The van der Waals surface area contributed by atoms with E-state index in [0.717, 1.165) is 21.7 Å². The van der Waals surface area contributed by atoms with E-state index in [9.17, 15) is 10.1 Å². The highest BCUT2D eigenvalue weighted by Crippen LogP contribution is 2.33. The molecule has 0 bridgehead atoms. The van der Waals surface area contributed by atoms with Crippen molar-refractivity contribution < 1.29 is 4.92 Å². The van der Waals surface area contributed by atoms with Crippen LogP contribution >= 0.6 is 11.3 Å². The van der Waals surface area contributed by atoms with Gasteiger partial charge in [0.1, 0.15) is 6.33 Å². The Morgan fingerprint density at radius 2 is 1.81 bits per heavy atom. The van der Waals surface area contributed by atoms with Gasteiger partial charge in [-0.15, -0.1) is 11.3 Å². The molecule has 9 heteroatoms. The summed E-state index contributed by atoms with van der Waals surface area (Å²) in [6.45, 7) is 6.26. The Kier molecular flexibility index (Phi) is 5.08. The molecule has 0 amide bonds. The van der Waals surface area contributed by atoms with Crippen molar-refractivity contribution in [1.82, 2.24) is 15.0 Å². The van der Waals surface area contributed by atoms with Crippen molar-refractivity contribution in [3.8, 4) is 0 Å². The highest BCUT2D eigenvalue weighted by atomic mass is 32.1. The molecule has 0 aliphatic carbocycles. The molecule has 0 radical (unpaired) electrons. The summed E-state index contributed by atoms with van der Waals surface area (Å²) in [5.74, 6) is 0.281. The summed E-state index contributed by atoms with van der Waals surface area (Å²) in [5.41, 5.74) is 2.84. The number of aromatic nitrogens is 3. The van der Waals surface area contributed by atoms with E-state index in [1.54, 1.807) is 0 Å². The summed E-state index contributed by atoms with van der Waals surface area (Å²) in [4.78, 5) is 24.5. The number of aryl methyl sites for hydroxylation is 3. The Balaban J connectivity index is 1.85. The van der Waals surface area contributed by atoms with Crippen LogP contribution < -0.4 is 10.6 Å². The van der Waals surface area contributed by atoms with Gasteiger partial charge in [-0.3, -0.25) is 10.1 Å². The van der Waals surface area contributed by atoms with Crippen molar-refractivity contribution in [2.75, 3.05) is 10.6 Å². The van der Waals surface area contributed by atoms with E-state index in [-0.39, 0.29) is 17.3 Å². The molecule has 0 aliphatic rings. The van der Waals surface area contributed by atoms with E-state index in [1.807, 2.05) is 45.0 Å². The Hall–Kier alpha value is -3.07. The third-order valence-corrected chi connectivity index (χ3v) is 4.83. The molecule has 8 nitrogen and oxygen atoms in total. The summed E-state index contributed by atoms with van der Waals surface area (Å²) >= 11 is 1.42. The highest BCUT2D eigenvalue weighted by Gasteiger charge is 2.23. The number of nitrogens with zero attached hydrogens (tertiary/aromatic N) is 4. The molecule has 0 saturated carbocycles. The molecule has 134 valence electrons. The number of hydrogen-bond acceptors (Lipinski definition) is 8. The molecule has 3 aromatic rings. The summed E-state index contributed by atoms with van der Waals surface area (Å²) in [5, 5.41) is 18.1. The smallest absolute Gasteiger partial charge is 0.353 e. The van der Waals surface area contributed by atoms with Gasteiger partial charge in [0.25, 0.3) is 0 Å². The van der Waals surface area contributed by atoms with E-state index >= 15 is 0 Å². The highest BCUT2D eigenvalue weighted by molar-refractivity contribution is 7.15. The second-order valence-electron chi connectivity index (χ2n) is 5.80. The fraction of sp³-hybridized carbons (Fsp3) is 0.235. The quantitative estimate of drug-likeness (QED) is 0.496. The van der Waals surface area contributed by atoms with Crippen LogP contribution in [-0.2, 0) is 6.54 Å². The van der Waals surface area contributed by atoms with E-state index < -0.39 is 4.92 Å². The van der Waals surface area contributed by atoms with Gasteiger partial charge in [-0.2, -0.15) is 0 Å². The first-order valence-corrected chi connectivity index (χ1v) is 8.75. The van der Waals surface area contributed by atoms with Gasteiger partial charge in [-0.25, -0.2) is 15.0 Å². The number of rotatable bonds is 6. The van der Waals surface area contributed by atoms with Gasteiger partial charge >= 0.3 is 5.69 Å². The lowest BCUT2D eigenvalue weighted by Crippen LogP contribution is -2.08. The fourth-order valence-electron chi connectivity index (χ4n) is 2.29. The molecule has 2 N–H and O–H groups in total. The van der Waals surface area contributed by atoms with Crippen LogP contribution in [0.25, 0.3) is 0 Å². The maximum Gasteiger partial charge on any atom is 0.353 e. The van der Waals surface area contributed by atoms with Gasteiger partial charge in [0.2, 0.25) is 11.6 Å². The van der Waals surface area contributed by atoms with Crippen LogP contribution in [0.15, 0.2) is 30.6 Å². The zero-order valence-corrected chi connectivity index (χ0v) is 15.4. The lowest BCUT2D eigenvalue weighted by Gasteiger charge is -2.09. The molecule has 0 spiro atoms. The van der Waals surface area contributed by atoms with Gasteiger partial charge in [0.15, 0.2) is 5.13 Å². The zero-order chi connectivity index (χ0) is 18.7. The Bertz CT molecular complexity index is 919. The minimum atomic E-state index is -0.493. The lowest BCUT2D eigenvalue weighted by molar-refractivity contribution is -0.383. The van der Waals surface area contributed by atoms with Gasteiger partial charge in [0, 0.05) is 11.4 Å². The summed E-state index contributed by atoms with van der Waals surface area (Å²) in [6, 6.07) is 7.92. The number of thiazole rings is 1. The average Bonchev–Trinajstić information content (AvgIpc) is 2.91. The van der Waals surface area contributed by atoms with Crippen molar-refractivity contribution in [1.29, 1.82) is 0 Å². The van der Waals surface area contributed by atoms with Gasteiger partial charge in [-0.05, 0) is 26.3 Å². The van der Waals surface area contributed by atoms with Crippen molar-refractivity contribution in [2.24, 2.45) is 0 Å². The number of benzene rings is 1. The van der Waals surface area contributed by atoms with Crippen molar-refractivity contribution in [2.45, 2.75) is 27.3 Å². The number of anilines is 3. The van der Waals surface area contributed by atoms with E-state index in [4.69, 9.17) is 0 Å². The molecular formula is C17H18N6O2S. The molecule has 0 atom stereocenters. The van der Waals surface area contributed by atoms with E-state index in [2.05, 4.69) is 25.6 Å². The molecule has 2 heterocycles. The first-order chi connectivity index (χ1) is 12.4. The SMILES string of the molecule is Cc1ccc(CNc2ncnc(Nc3nc(C)c(C)s3)c2[N+](=O)[O-])cc1. The Morgan fingerprint density at radius 1 is 1.12 bits per heavy atom. The van der Waals surface area contributed by atoms with Crippen LogP contribution in [-0.4, -0.2) is 19.9 Å². The van der Waals surface area contributed by atoms with Gasteiger partial charge in [0.05, 0.1) is 10.6 Å². The van der Waals surface area contributed by atoms with Crippen molar-refractivity contribution >= 4 is 33.8 Å². The minimum Gasteiger partial charge on any atom is -0.360 e. The zero-order valence-electron chi connectivity index (χ0n) is 14.6. The Morgan fingerprint density at radius 3 is 2.42 bits per heavy atom. The fourth-order valence-corrected chi connectivity index (χ4v) is 3.11. The summed E-state index contributed by atoms with van der Waals surface area (Å²) in [6.07, 6.45) is 1.29. The predicted molar refractivity (Wildman–Crippen MR) is 102 cm³/mol. The first-order valence-electron chi connectivity index (χ1n) is 7.94. The standard InChI is InChI=1S/C17H18N6O2S/c1-10-4-6-13(7-5-10)8-18-15-14(23(24)25)16(20-9-19-15)22-17-21-11(2)12(3)26-17/h4-7,9H,8H2,1-3H3,(H2,18,19,20,21,22). The molecular weight excluding hydrogens is 352 g/mol. The molecule has 0 unspecified atom stereocenters. The Labute approximate surface area is 154 Å². The van der Waals surface area contributed by atoms with Gasteiger partial charge in [-0.1, -0.05) is 29.8 Å². The van der Waals surface area contributed by atoms with E-state index in [0.29, 0.717) is 11.7 Å². The molecule has 2 aromatic heterocycles. The van der Waals surface area contributed by atoms with Crippen LogP contribution in [0.1, 0.15) is 21.7 Å². The number of nitrogens with one attached hydrogen (secondary N) is 2. The summed E-state index contributed by atoms with van der Waals surface area (Å²) < 4.78 is 0. The van der Waals surface area contributed by atoms with E-state index in [1.165, 1.54) is 17.7 Å². The molecule has 0 fully saturated rings. The normalized spacial score (nSPS) is 10.6. The molecule has 3 rings (SSSR count). The topological polar surface area (TPSA) is 106 Å². The van der Waals surface area contributed by atoms with Gasteiger partial charge < -0.3 is 10.6 Å². The van der Waals surface area contributed by atoms with Crippen molar-refractivity contribution in [3.05, 3.63) is 62.4 Å². The molecule has 0 saturated heterocycles. The number of nitro groups is 1. The van der Waals surface area contributed by atoms with Crippen molar-refractivity contribution in [3.63, 3.8) is 0 Å². The number of hydrogen-bond donors (Lipinski definition) is 2. The maximum absolute atomic E-state index is 11.6. The van der Waals surface area contributed by atoms with Crippen LogP contribution in [0.3, 0.4) is 0 Å². The van der Waals surface area contributed by atoms with Crippen LogP contribution in [0.2, 0.25) is 0 Å². The van der Waals surface area contributed by atoms with Crippen LogP contribution in [0.5, 0.6) is 0 Å². The predicted octanol–water partition coefficient (Wildman–Crippen LogP) is 4.12. The third-order valence-electron chi connectivity index (χ3n) is 3.84.